The molecule has 1 rings (SSSR count). The molecule has 0 aromatic rings. The van der Waals surface area contributed by atoms with Crippen molar-refractivity contribution in [2.45, 2.75) is 6.42 Å². The predicted molar refractivity (Wildman–Crippen MR) is 21.8 cm³/mol. The van der Waals surface area contributed by atoms with Crippen molar-refractivity contribution in [2.24, 2.45) is 0 Å². The first kappa shape index (κ1) is 3.16. The van der Waals surface area contributed by atoms with Gasteiger partial charge in [0.2, 0.25) is 0 Å². The van der Waals surface area contributed by atoms with Crippen LogP contribution < -0.4 is 5.32 Å². The van der Waals surface area contributed by atoms with Crippen LogP contribution in [0.15, 0.2) is 0 Å². The van der Waals surface area contributed by atoms with E-state index in [9.17, 15) is 0 Å². The average molecular weight is 70.1 g/mol. The van der Waals surface area contributed by atoms with Crippen LogP contribution in [0.25, 0.3) is 0 Å². The van der Waals surface area contributed by atoms with Crippen molar-refractivity contribution in [1.29, 1.82) is 0 Å². The average Bonchev–Trinajstić information content (AvgIpc) is 1.76. The maximum atomic E-state index is 3.17. The molecule has 0 atom stereocenters. The SMILES string of the molecule is [CH]1CCNC1. The third-order valence-corrected chi connectivity index (χ3v) is 0.814. The second-order valence-electron chi connectivity index (χ2n) is 1.28. The van der Waals surface area contributed by atoms with Crippen LogP contribution >= 0.6 is 0 Å². The van der Waals surface area contributed by atoms with Crippen molar-refractivity contribution in [3.05, 3.63) is 6.42 Å². The van der Waals surface area contributed by atoms with Crippen LogP contribution in [0.1, 0.15) is 6.42 Å². The molecule has 1 nitrogen and oxygen atoms in total. The summed E-state index contributed by atoms with van der Waals surface area (Å²) < 4.78 is 0. The van der Waals surface area contributed by atoms with Gasteiger partial charge >= 0.3 is 0 Å². The minimum absolute atomic E-state index is 1.12. The Kier molecular flexibility index (Phi) is 0.892. The number of rotatable bonds is 0. The van der Waals surface area contributed by atoms with Gasteiger partial charge in [-0.2, -0.15) is 0 Å². The first-order valence-corrected chi connectivity index (χ1v) is 2.02. The first-order chi connectivity index (χ1) is 2.50. The molecule has 0 spiro atoms. The topological polar surface area (TPSA) is 12.0 Å². The summed E-state index contributed by atoms with van der Waals surface area (Å²) in [6, 6.07) is 0. The zero-order valence-corrected chi connectivity index (χ0v) is 3.20. The fraction of sp³-hybridized carbons (Fsp3) is 0.750. The molecule has 0 aliphatic carbocycles. The molecule has 1 N–H and O–H groups in total. The van der Waals surface area contributed by atoms with E-state index in [0.717, 1.165) is 6.54 Å². The summed E-state index contributed by atoms with van der Waals surface area (Å²) in [6.07, 6.45) is 3.51. The molecule has 1 aliphatic rings. The van der Waals surface area contributed by atoms with E-state index in [4.69, 9.17) is 0 Å². The maximum absolute atomic E-state index is 3.17. The molecule has 1 heteroatoms. The van der Waals surface area contributed by atoms with Crippen LogP contribution in [0.2, 0.25) is 0 Å². The molecule has 0 aromatic heterocycles. The number of hydrogen-bond donors (Lipinski definition) is 1. The van der Waals surface area contributed by atoms with Gasteiger partial charge in [-0.1, -0.05) is 0 Å². The Labute approximate surface area is 32.4 Å². The van der Waals surface area contributed by atoms with Crippen LogP contribution in [0.5, 0.6) is 0 Å². The Hall–Kier alpha value is -0.0400. The van der Waals surface area contributed by atoms with E-state index in [0.29, 0.717) is 0 Å². The van der Waals surface area contributed by atoms with Gasteiger partial charge in [0.25, 0.3) is 0 Å². The summed E-state index contributed by atoms with van der Waals surface area (Å²) in [6.45, 7) is 2.32. The third kappa shape index (κ3) is 0.618. The second-order valence-corrected chi connectivity index (χ2v) is 1.28. The van der Waals surface area contributed by atoms with E-state index in [2.05, 4.69) is 11.7 Å². The zero-order valence-electron chi connectivity index (χ0n) is 3.20. The lowest BCUT2D eigenvalue weighted by Gasteiger charge is -1.76. The maximum Gasteiger partial charge on any atom is -0.00169 e. The summed E-state index contributed by atoms with van der Waals surface area (Å²) in [5, 5.41) is 3.17. The van der Waals surface area contributed by atoms with Crippen LogP contribution in [-0.2, 0) is 0 Å². The van der Waals surface area contributed by atoms with Crippen molar-refractivity contribution in [1.82, 2.24) is 5.32 Å². The summed E-state index contributed by atoms with van der Waals surface area (Å²) in [5.74, 6) is 0. The minimum Gasteiger partial charge on any atom is -0.316 e. The Bertz CT molecular complexity index is 15.2. The molecule has 0 amide bonds. The number of nitrogens with one attached hydrogen (secondary N) is 1. The van der Waals surface area contributed by atoms with Gasteiger partial charge in [-0.15, -0.1) is 0 Å². The van der Waals surface area contributed by atoms with E-state index in [1.807, 2.05) is 0 Å². The van der Waals surface area contributed by atoms with Gasteiger partial charge in [0.1, 0.15) is 0 Å². The highest BCUT2D eigenvalue weighted by molar-refractivity contribution is 4.75. The fourth-order valence-electron chi connectivity index (χ4n) is 0.510. The molecular formula is C4H8N. The largest absolute Gasteiger partial charge is 0.316 e. The summed E-state index contributed by atoms with van der Waals surface area (Å²) in [5.41, 5.74) is 0. The van der Waals surface area contributed by atoms with Crippen molar-refractivity contribution >= 4 is 0 Å². The zero-order chi connectivity index (χ0) is 3.54. The van der Waals surface area contributed by atoms with E-state index in [1.54, 1.807) is 0 Å². The predicted octanol–water partition coefficient (Wildman–Crippen LogP) is 0.184. The van der Waals surface area contributed by atoms with Crippen molar-refractivity contribution in [3.8, 4) is 0 Å². The van der Waals surface area contributed by atoms with Gasteiger partial charge < -0.3 is 5.32 Å². The molecule has 0 unspecified atom stereocenters. The minimum atomic E-state index is 1.12. The van der Waals surface area contributed by atoms with Gasteiger partial charge in [0, 0.05) is 0 Å². The summed E-state index contributed by atoms with van der Waals surface area (Å²) >= 11 is 0. The Morgan fingerprint density at radius 2 is 2.60 bits per heavy atom. The standard InChI is InChI=1S/C4H8N/c1-2-4-5-3-1/h1,5H,2-4H2. The summed E-state index contributed by atoms with van der Waals surface area (Å²) in [4.78, 5) is 0. The van der Waals surface area contributed by atoms with Crippen LogP contribution in [-0.4, -0.2) is 13.1 Å². The third-order valence-electron chi connectivity index (χ3n) is 0.814. The van der Waals surface area contributed by atoms with Crippen molar-refractivity contribution < 1.29 is 0 Å². The van der Waals surface area contributed by atoms with Crippen molar-refractivity contribution in [2.75, 3.05) is 13.1 Å². The smallest absolute Gasteiger partial charge is 0.00169 e. The molecule has 1 aliphatic heterocycles. The Morgan fingerprint density at radius 1 is 1.60 bits per heavy atom. The van der Waals surface area contributed by atoms with E-state index < -0.39 is 0 Å². The molecule has 1 radical (unpaired) electrons. The van der Waals surface area contributed by atoms with Gasteiger partial charge in [0.15, 0.2) is 0 Å². The summed E-state index contributed by atoms with van der Waals surface area (Å²) in [7, 11) is 0. The van der Waals surface area contributed by atoms with E-state index >= 15 is 0 Å². The first-order valence-electron chi connectivity index (χ1n) is 2.02. The molecule has 29 valence electrons. The van der Waals surface area contributed by atoms with Crippen molar-refractivity contribution in [3.63, 3.8) is 0 Å². The molecule has 1 fully saturated rings. The molecule has 0 aromatic carbocycles. The lowest BCUT2D eigenvalue weighted by atomic mass is 10.4. The van der Waals surface area contributed by atoms with Crippen LogP contribution in [0.3, 0.4) is 0 Å². The van der Waals surface area contributed by atoms with Gasteiger partial charge in [-0.3, -0.25) is 0 Å². The highest BCUT2D eigenvalue weighted by Crippen LogP contribution is 1.88. The van der Waals surface area contributed by atoms with E-state index in [-0.39, 0.29) is 0 Å². The fourth-order valence-corrected chi connectivity index (χ4v) is 0.510. The normalized spacial score (nSPS) is 24.0. The highest BCUT2D eigenvalue weighted by Gasteiger charge is 1.93. The Balaban J connectivity index is 2.08. The lowest BCUT2D eigenvalue weighted by molar-refractivity contribution is 0.862. The molecule has 0 saturated carbocycles. The van der Waals surface area contributed by atoms with Crippen LogP contribution in [0, 0.1) is 6.42 Å². The molecule has 1 heterocycles. The second kappa shape index (κ2) is 1.41. The monoisotopic (exact) mass is 70.1 g/mol. The van der Waals surface area contributed by atoms with Gasteiger partial charge in [0.05, 0.1) is 0 Å². The lowest BCUT2D eigenvalue weighted by Crippen LogP contribution is -2.03. The Morgan fingerprint density at radius 3 is 2.80 bits per heavy atom. The quantitative estimate of drug-likeness (QED) is 0.429. The molecule has 5 heavy (non-hydrogen) atoms. The van der Waals surface area contributed by atoms with Gasteiger partial charge in [-0.25, -0.2) is 0 Å². The molecule has 1 saturated heterocycles. The molecular weight excluding hydrogens is 62.1 g/mol. The van der Waals surface area contributed by atoms with Crippen LogP contribution in [0.4, 0.5) is 0 Å². The number of hydrogen-bond acceptors (Lipinski definition) is 1. The van der Waals surface area contributed by atoms with E-state index in [1.165, 1.54) is 13.0 Å². The highest BCUT2D eigenvalue weighted by atomic mass is 14.9. The van der Waals surface area contributed by atoms with Gasteiger partial charge in [-0.05, 0) is 25.9 Å². The molecule has 0 bridgehead atoms.